The van der Waals surface area contributed by atoms with Gasteiger partial charge in [-0.2, -0.15) is 0 Å². The standard InChI is InChI=1S/C26H24N2O4/c1-17(29)15-19-3-13-24(14-4-19)28-26(32)22-9-7-21(8-10-22)25(31)16-20-5-11-23(12-6-20)27-18(2)30/h3-14H,15-16H2,1-2H3,(H,27,30)(H,28,32). The molecule has 6 nitrogen and oxygen atoms in total. The fraction of sp³-hybridized carbons (Fsp3) is 0.154. The van der Waals surface area contributed by atoms with Gasteiger partial charge in [0.05, 0.1) is 0 Å². The summed E-state index contributed by atoms with van der Waals surface area (Å²) in [5, 5.41) is 5.49. The molecule has 3 aromatic rings. The van der Waals surface area contributed by atoms with Crippen molar-refractivity contribution in [2.45, 2.75) is 26.7 Å². The van der Waals surface area contributed by atoms with Crippen LogP contribution in [0.1, 0.15) is 45.7 Å². The Morgan fingerprint density at radius 2 is 1.06 bits per heavy atom. The van der Waals surface area contributed by atoms with Crippen molar-refractivity contribution in [3.05, 3.63) is 95.1 Å². The van der Waals surface area contributed by atoms with E-state index in [-0.39, 0.29) is 29.8 Å². The van der Waals surface area contributed by atoms with E-state index in [0.29, 0.717) is 28.9 Å². The van der Waals surface area contributed by atoms with E-state index in [1.54, 1.807) is 60.7 Å². The van der Waals surface area contributed by atoms with Crippen LogP contribution in [0, 0.1) is 0 Å². The maximum atomic E-state index is 12.6. The van der Waals surface area contributed by atoms with Crippen LogP contribution in [0.15, 0.2) is 72.8 Å². The quantitative estimate of drug-likeness (QED) is 0.518. The molecule has 0 fully saturated rings. The van der Waals surface area contributed by atoms with Gasteiger partial charge in [0.15, 0.2) is 5.78 Å². The molecule has 0 heterocycles. The molecule has 0 atom stereocenters. The summed E-state index contributed by atoms with van der Waals surface area (Å²) in [6.07, 6.45) is 0.585. The van der Waals surface area contributed by atoms with Gasteiger partial charge in [-0.3, -0.25) is 19.2 Å². The van der Waals surface area contributed by atoms with Crippen LogP contribution in [0.25, 0.3) is 0 Å². The van der Waals surface area contributed by atoms with Gasteiger partial charge in [-0.25, -0.2) is 0 Å². The van der Waals surface area contributed by atoms with Crippen molar-refractivity contribution < 1.29 is 19.2 Å². The van der Waals surface area contributed by atoms with Gasteiger partial charge >= 0.3 is 0 Å². The van der Waals surface area contributed by atoms with Gasteiger partial charge < -0.3 is 10.6 Å². The second-order valence-corrected chi connectivity index (χ2v) is 7.59. The van der Waals surface area contributed by atoms with E-state index in [1.807, 2.05) is 12.1 Å². The molecule has 0 bridgehead atoms. The van der Waals surface area contributed by atoms with Crippen molar-refractivity contribution in [3.63, 3.8) is 0 Å². The van der Waals surface area contributed by atoms with E-state index < -0.39 is 0 Å². The Balaban J connectivity index is 1.58. The van der Waals surface area contributed by atoms with Crippen LogP contribution in [0.2, 0.25) is 0 Å². The molecule has 0 unspecified atom stereocenters. The second kappa shape index (κ2) is 10.3. The molecule has 6 heteroatoms. The molecular weight excluding hydrogens is 404 g/mol. The number of hydrogen-bond acceptors (Lipinski definition) is 4. The van der Waals surface area contributed by atoms with Gasteiger partial charge in [0.2, 0.25) is 5.91 Å². The molecule has 0 aromatic heterocycles. The molecule has 32 heavy (non-hydrogen) atoms. The normalized spacial score (nSPS) is 10.3. The Kier molecular flexibility index (Phi) is 7.29. The molecule has 2 amide bonds. The van der Waals surface area contributed by atoms with E-state index >= 15 is 0 Å². The molecule has 0 spiro atoms. The summed E-state index contributed by atoms with van der Waals surface area (Å²) in [5.41, 5.74) is 3.99. The third-order valence-electron chi connectivity index (χ3n) is 4.77. The minimum atomic E-state index is -0.281. The van der Waals surface area contributed by atoms with Crippen LogP contribution < -0.4 is 10.6 Å². The summed E-state index contributed by atoms with van der Waals surface area (Å²) in [7, 11) is 0. The molecular formula is C26H24N2O4. The highest BCUT2D eigenvalue weighted by Gasteiger charge is 2.11. The van der Waals surface area contributed by atoms with E-state index in [9.17, 15) is 19.2 Å². The summed E-state index contributed by atoms with van der Waals surface area (Å²) in [4.78, 5) is 47.3. The maximum absolute atomic E-state index is 12.6. The first kappa shape index (κ1) is 22.6. The summed E-state index contributed by atoms with van der Waals surface area (Å²) < 4.78 is 0. The van der Waals surface area contributed by atoms with Crippen LogP contribution in [-0.2, 0) is 22.4 Å². The predicted octanol–water partition coefficient (Wildman–Crippen LogP) is 4.45. The minimum Gasteiger partial charge on any atom is -0.326 e. The van der Waals surface area contributed by atoms with Crippen molar-refractivity contribution in [1.82, 2.24) is 0 Å². The van der Waals surface area contributed by atoms with Crippen molar-refractivity contribution in [3.8, 4) is 0 Å². The first-order valence-corrected chi connectivity index (χ1v) is 10.2. The first-order valence-electron chi connectivity index (χ1n) is 10.2. The molecule has 0 radical (unpaired) electrons. The zero-order chi connectivity index (χ0) is 23.1. The Labute approximate surface area is 186 Å². The number of hydrogen-bond donors (Lipinski definition) is 2. The molecule has 162 valence electrons. The topological polar surface area (TPSA) is 92.3 Å². The SMILES string of the molecule is CC(=O)Cc1ccc(NC(=O)c2ccc(C(=O)Cc3ccc(NC(C)=O)cc3)cc2)cc1. The Morgan fingerprint density at radius 3 is 1.56 bits per heavy atom. The highest BCUT2D eigenvalue weighted by atomic mass is 16.2. The number of rotatable bonds is 8. The number of ketones is 2. The molecule has 0 aliphatic carbocycles. The molecule has 2 N–H and O–H groups in total. The third kappa shape index (κ3) is 6.47. The number of amides is 2. The summed E-state index contributed by atoms with van der Waals surface area (Å²) >= 11 is 0. The fourth-order valence-electron chi connectivity index (χ4n) is 3.20. The number of benzene rings is 3. The predicted molar refractivity (Wildman–Crippen MR) is 124 cm³/mol. The lowest BCUT2D eigenvalue weighted by atomic mass is 10.0. The lowest BCUT2D eigenvalue weighted by Crippen LogP contribution is -2.12. The Morgan fingerprint density at radius 1 is 0.594 bits per heavy atom. The molecule has 3 rings (SSSR count). The monoisotopic (exact) mass is 428 g/mol. The van der Waals surface area contributed by atoms with Gasteiger partial charge in [-0.15, -0.1) is 0 Å². The molecule has 3 aromatic carbocycles. The molecule has 0 aliphatic heterocycles. The summed E-state index contributed by atoms with van der Waals surface area (Å²) in [5.74, 6) is -0.413. The molecule has 0 saturated heterocycles. The van der Waals surface area contributed by atoms with Crippen molar-refractivity contribution in [1.29, 1.82) is 0 Å². The van der Waals surface area contributed by atoms with E-state index in [1.165, 1.54) is 13.8 Å². The lowest BCUT2D eigenvalue weighted by molar-refractivity contribution is -0.116. The van der Waals surface area contributed by atoms with Crippen LogP contribution >= 0.6 is 0 Å². The van der Waals surface area contributed by atoms with Crippen molar-refractivity contribution in [2.24, 2.45) is 0 Å². The maximum Gasteiger partial charge on any atom is 0.255 e. The van der Waals surface area contributed by atoms with Crippen molar-refractivity contribution in [2.75, 3.05) is 10.6 Å². The number of nitrogens with one attached hydrogen (secondary N) is 2. The van der Waals surface area contributed by atoms with Gasteiger partial charge in [-0.05, 0) is 54.4 Å². The van der Waals surface area contributed by atoms with Crippen LogP contribution in [0.5, 0.6) is 0 Å². The number of anilines is 2. The van der Waals surface area contributed by atoms with Crippen LogP contribution in [0.4, 0.5) is 11.4 Å². The fourth-order valence-corrected chi connectivity index (χ4v) is 3.20. The first-order chi connectivity index (χ1) is 15.3. The summed E-state index contributed by atoms with van der Waals surface area (Å²) in [6, 6.07) is 20.7. The third-order valence-corrected chi connectivity index (χ3v) is 4.77. The minimum absolute atomic E-state index is 0.0645. The van der Waals surface area contributed by atoms with E-state index in [2.05, 4.69) is 10.6 Å². The number of Topliss-reactive ketones (excluding diaryl/α,β-unsaturated/α-hetero) is 2. The van der Waals surface area contributed by atoms with Gasteiger partial charge in [0.1, 0.15) is 5.78 Å². The zero-order valence-electron chi connectivity index (χ0n) is 18.0. The van der Waals surface area contributed by atoms with Gasteiger partial charge in [0, 0.05) is 42.3 Å². The van der Waals surface area contributed by atoms with E-state index in [0.717, 1.165) is 11.1 Å². The van der Waals surface area contributed by atoms with Crippen LogP contribution in [-0.4, -0.2) is 23.4 Å². The largest absolute Gasteiger partial charge is 0.326 e. The Bertz CT molecular complexity index is 1040. The van der Waals surface area contributed by atoms with Gasteiger partial charge in [0.25, 0.3) is 5.91 Å². The van der Waals surface area contributed by atoms with Crippen LogP contribution in [0.3, 0.4) is 0 Å². The zero-order valence-corrected chi connectivity index (χ0v) is 18.0. The Hall–Kier alpha value is -4.06. The second-order valence-electron chi connectivity index (χ2n) is 7.59. The number of carbonyl (C=O) groups is 4. The lowest BCUT2D eigenvalue weighted by Gasteiger charge is -2.08. The summed E-state index contributed by atoms with van der Waals surface area (Å²) in [6.45, 7) is 2.97. The van der Waals surface area contributed by atoms with E-state index in [4.69, 9.17) is 0 Å². The highest BCUT2D eigenvalue weighted by Crippen LogP contribution is 2.15. The van der Waals surface area contributed by atoms with Crippen molar-refractivity contribution >= 4 is 34.8 Å². The molecule has 0 aliphatic rings. The van der Waals surface area contributed by atoms with Gasteiger partial charge in [-0.1, -0.05) is 36.4 Å². The molecule has 0 saturated carbocycles. The highest BCUT2D eigenvalue weighted by molar-refractivity contribution is 6.05. The average Bonchev–Trinajstić information content (AvgIpc) is 2.76. The smallest absolute Gasteiger partial charge is 0.255 e. The average molecular weight is 428 g/mol. The number of carbonyl (C=O) groups excluding carboxylic acids is 4.